The molecular weight excluding hydrogens is 429 g/mol. The summed E-state index contributed by atoms with van der Waals surface area (Å²) < 4.78 is 6.97. The first-order valence-electron chi connectivity index (χ1n) is 9.92. The third-order valence-corrected chi connectivity index (χ3v) is 5.31. The fourth-order valence-electron chi connectivity index (χ4n) is 3.90. The summed E-state index contributed by atoms with van der Waals surface area (Å²) in [6.07, 6.45) is 4.86. The van der Waals surface area contributed by atoms with Crippen LogP contribution in [0.15, 0.2) is 12.3 Å². The molecule has 0 aromatic carbocycles. The minimum absolute atomic E-state index is 0. The Hall–Kier alpha value is -2.10. The molecule has 1 saturated heterocycles. The predicted molar refractivity (Wildman–Crippen MR) is 120 cm³/mol. The summed E-state index contributed by atoms with van der Waals surface area (Å²) in [5.41, 5.74) is 2.42. The van der Waals surface area contributed by atoms with Gasteiger partial charge in [0.05, 0.1) is 6.61 Å². The summed E-state index contributed by atoms with van der Waals surface area (Å²) >= 11 is 0. The number of hydrogen-bond acceptors (Lipinski definition) is 8. The fraction of sp³-hybridized carbons (Fsp3) is 0.579. The van der Waals surface area contributed by atoms with Crippen molar-refractivity contribution in [3.8, 4) is 0 Å². The van der Waals surface area contributed by atoms with Crippen LogP contribution in [0.25, 0.3) is 0 Å². The molecule has 1 unspecified atom stereocenters. The molecule has 4 heterocycles. The number of carbonyl (C=O) groups excluding carboxylic acids is 1. The normalized spacial score (nSPS) is 17.9. The largest absolute Gasteiger partial charge is 0.461 e. The van der Waals surface area contributed by atoms with Gasteiger partial charge in [-0.05, 0) is 32.4 Å². The standard InChI is InChI=1S/C19H27N7O2.2ClH/c1-3-28-18(27)17-14-12-26(10-7-15(14)25(2)24-17)16-6-9-21-19(23-16)22-13-5-4-8-20-11-13;;/h6,9,13,20H,3-5,7-8,10-12H2,1-2H3,(H,21,22,23);2*1H. The molecule has 4 rings (SSSR count). The van der Waals surface area contributed by atoms with Crippen LogP contribution in [-0.2, 0) is 24.8 Å². The van der Waals surface area contributed by atoms with Crippen LogP contribution in [0.5, 0.6) is 0 Å². The van der Waals surface area contributed by atoms with Gasteiger partial charge in [0.2, 0.25) is 5.95 Å². The molecule has 0 radical (unpaired) electrons. The average molecular weight is 458 g/mol. The molecule has 0 saturated carbocycles. The van der Waals surface area contributed by atoms with Gasteiger partial charge in [0, 0.05) is 56.6 Å². The van der Waals surface area contributed by atoms with Gasteiger partial charge >= 0.3 is 5.97 Å². The zero-order valence-electron chi connectivity index (χ0n) is 17.3. The van der Waals surface area contributed by atoms with Crippen LogP contribution in [0.4, 0.5) is 11.8 Å². The molecule has 166 valence electrons. The number of halogens is 2. The maximum absolute atomic E-state index is 12.3. The number of hydrogen-bond donors (Lipinski definition) is 2. The second-order valence-corrected chi connectivity index (χ2v) is 7.22. The molecular formula is C19H29Cl2N7O2. The molecule has 2 aromatic heterocycles. The maximum Gasteiger partial charge on any atom is 0.359 e. The van der Waals surface area contributed by atoms with Gasteiger partial charge in [-0.2, -0.15) is 10.1 Å². The van der Waals surface area contributed by atoms with E-state index >= 15 is 0 Å². The van der Waals surface area contributed by atoms with Crippen molar-refractivity contribution in [3.63, 3.8) is 0 Å². The molecule has 2 N–H and O–H groups in total. The number of carbonyl (C=O) groups is 1. The van der Waals surface area contributed by atoms with Crippen LogP contribution < -0.4 is 15.5 Å². The lowest BCUT2D eigenvalue weighted by molar-refractivity contribution is 0.0517. The number of nitrogens with one attached hydrogen (secondary N) is 2. The summed E-state index contributed by atoms with van der Waals surface area (Å²) in [5, 5.41) is 11.2. The minimum Gasteiger partial charge on any atom is -0.461 e. The van der Waals surface area contributed by atoms with Gasteiger partial charge < -0.3 is 20.3 Å². The van der Waals surface area contributed by atoms with Crippen molar-refractivity contribution >= 4 is 42.5 Å². The van der Waals surface area contributed by atoms with Crippen molar-refractivity contribution in [1.29, 1.82) is 0 Å². The second-order valence-electron chi connectivity index (χ2n) is 7.22. The number of ether oxygens (including phenoxy) is 1. The Morgan fingerprint density at radius 2 is 2.23 bits per heavy atom. The van der Waals surface area contributed by atoms with E-state index < -0.39 is 0 Å². The first-order valence-corrected chi connectivity index (χ1v) is 9.92. The lowest BCUT2D eigenvalue weighted by Crippen LogP contribution is -2.39. The molecule has 2 aliphatic heterocycles. The molecule has 0 aliphatic carbocycles. The number of aryl methyl sites for hydroxylation is 1. The Kier molecular flexibility index (Phi) is 8.69. The van der Waals surface area contributed by atoms with Crippen molar-refractivity contribution in [1.82, 2.24) is 25.1 Å². The highest BCUT2D eigenvalue weighted by molar-refractivity contribution is 5.89. The zero-order chi connectivity index (χ0) is 19.5. The van der Waals surface area contributed by atoms with Crippen molar-refractivity contribution in [2.75, 3.05) is 36.5 Å². The van der Waals surface area contributed by atoms with Gasteiger partial charge in [0.25, 0.3) is 0 Å². The first kappa shape index (κ1) is 24.2. The van der Waals surface area contributed by atoms with Crippen molar-refractivity contribution in [3.05, 3.63) is 29.2 Å². The van der Waals surface area contributed by atoms with E-state index in [1.165, 1.54) is 0 Å². The maximum atomic E-state index is 12.3. The summed E-state index contributed by atoms with van der Waals surface area (Å²) in [6.45, 7) is 5.54. The van der Waals surface area contributed by atoms with E-state index in [0.29, 0.717) is 30.8 Å². The molecule has 9 nitrogen and oxygen atoms in total. The summed E-state index contributed by atoms with van der Waals surface area (Å²) in [4.78, 5) is 23.5. The van der Waals surface area contributed by atoms with E-state index in [-0.39, 0.29) is 30.8 Å². The molecule has 2 aromatic rings. The highest BCUT2D eigenvalue weighted by Crippen LogP contribution is 2.26. The quantitative estimate of drug-likeness (QED) is 0.657. The number of fused-ring (bicyclic) bond motifs is 1. The highest BCUT2D eigenvalue weighted by Gasteiger charge is 2.28. The van der Waals surface area contributed by atoms with Crippen LogP contribution in [0, 0.1) is 0 Å². The van der Waals surface area contributed by atoms with E-state index in [1.807, 2.05) is 13.1 Å². The number of piperidine rings is 1. The van der Waals surface area contributed by atoms with E-state index in [4.69, 9.17) is 9.72 Å². The van der Waals surface area contributed by atoms with E-state index in [2.05, 4.69) is 25.6 Å². The van der Waals surface area contributed by atoms with Gasteiger partial charge in [0.15, 0.2) is 5.69 Å². The molecule has 11 heteroatoms. The lowest BCUT2D eigenvalue weighted by Gasteiger charge is -2.29. The Morgan fingerprint density at radius 3 is 2.97 bits per heavy atom. The van der Waals surface area contributed by atoms with E-state index in [1.54, 1.807) is 17.8 Å². The average Bonchev–Trinajstić information content (AvgIpc) is 3.05. The minimum atomic E-state index is -0.365. The topological polar surface area (TPSA) is 97.2 Å². The Bertz CT molecular complexity index is 855. The third kappa shape index (κ3) is 5.14. The Morgan fingerprint density at radius 1 is 1.40 bits per heavy atom. The molecule has 0 spiro atoms. The van der Waals surface area contributed by atoms with Crippen LogP contribution >= 0.6 is 24.8 Å². The summed E-state index contributed by atoms with van der Waals surface area (Å²) in [5.74, 6) is 1.13. The van der Waals surface area contributed by atoms with Crippen LogP contribution in [0.3, 0.4) is 0 Å². The fourth-order valence-corrected chi connectivity index (χ4v) is 3.90. The van der Waals surface area contributed by atoms with Gasteiger partial charge in [-0.15, -0.1) is 24.8 Å². The van der Waals surface area contributed by atoms with Crippen molar-refractivity contribution in [2.24, 2.45) is 7.05 Å². The number of esters is 1. The molecule has 2 aliphatic rings. The number of rotatable bonds is 5. The van der Waals surface area contributed by atoms with Crippen LogP contribution in [0.2, 0.25) is 0 Å². The predicted octanol–water partition coefficient (Wildman–Crippen LogP) is 1.96. The van der Waals surface area contributed by atoms with Crippen LogP contribution in [-0.4, -0.2) is 58.0 Å². The monoisotopic (exact) mass is 457 g/mol. The van der Waals surface area contributed by atoms with E-state index in [0.717, 1.165) is 56.0 Å². The smallest absolute Gasteiger partial charge is 0.359 e. The SMILES string of the molecule is CCOC(=O)c1nn(C)c2c1CN(c1ccnc(NC3CCCNC3)n1)CC2.Cl.Cl. The Balaban J connectivity index is 0.00000160. The zero-order valence-corrected chi connectivity index (χ0v) is 18.9. The van der Waals surface area contributed by atoms with Crippen molar-refractivity contribution < 1.29 is 9.53 Å². The second kappa shape index (κ2) is 10.8. The van der Waals surface area contributed by atoms with E-state index in [9.17, 15) is 4.79 Å². The van der Waals surface area contributed by atoms with Crippen LogP contribution in [0.1, 0.15) is 41.5 Å². The Labute approximate surface area is 188 Å². The molecule has 30 heavy (non-hydrogen) atoms. The summed E-state index contributed by atoms with van der Waals surface area (Å²) in [6, 6.07) is 2.26. The third-order valence-electron chi connectivity index (χ3n) is 5.31. The van der Waals surface area contributed by atoms with Gasteiger partial charge in [-0.3, -0.25) is 4.68 Å². The number of nitrogens with zero attached hydrogens (tertiary/aromatic N) is 5. The number of aromatic nitrogens is 4. The highest BCUT2D eigenvalue weighted by atomic mass is 35.5. The molecule has 1 atom stereocenters. The molecule has 0 bridgehead atoms. The van der Waals surface area contributed by atoms with Crippen molar-refractivity contribution in [2.45, 2.75) is 38.8 Å². The molecule has 1 fully saturated rings. The lowest BCUT2D eigenvalue weighted by atomic mass is 10.1. The van der Waals surface area contributed by atoms with Gasteiger partial charge in [-0.25, -0.2) is 9.78 Å². The number of anilines is 2. The first-order chi connectivity index (χ1) is 13.7. The summed E-state index contributed by atoms with van der Waals surface area (Å²) in [7, 11) is 1.88. The van der Waals surface area contributed by atoms with Gasteiger partial charge in [0.1, 0.15) is 5.82 Å². The van der Waals surface area contributed by atoms with Gasteiger partial charge in [-0.1, -0.05) is 0 Å². The molecule has 0 amide bonds.